The Morgan fingerprint density at radius 2 is 1.75 bits per heavy atom. The van der Waals surface area contributed by atoms with Gasteiger partial charge in [0.25, 0.3) is 0 Å². The van der Waals surface area contributed by atoms with Gasteiger partial charge in [-0.3, -0.25) is 0 Å². The number of allylic oxidation sites excluding steroid dienone is 6. The summed E-state index contributed by atoms with van der Waals surface area (Å²) in [6, 6.07) is 0. The third kappa shape index (κ3) is 5.59. The van der Waals surface area contributed by atoms with Crippen molar-refractivity contribution in [2.45, 2.75) is 40.7 Å². The van der Waals surface area contributed by atoms with Gasteiger partial charge in [0.15, 0.2) is 0 Å². The van der Waals surface area contributed by atoms with Gasteiger partial charge < -0.3 is 4.74 Å². The van der Waals surface area contributed by atoms with Gasteiger partial charge in [0.05, 0.1) is 6.10 Å². The van der Waals surface area contributed by atoms with Crippen LogP contribution in [0.15, 0.2) is 48.3 Å². The van der Waals surface area contributed by atoms with E-state index in [9.17, 15) is 0 Å². The molecule has 0 aliphatic heterocycles. The lowest BCUT2D eigenvalue weighted by atomic mass is 10.00. The van der Waals surface area contributed by atoms with Crippen molar-refractivity contribution in [3.63, 3.8) is 0 Å². The molecule has 0 atom stereocenters. The zero-order valence-electron chi connectivity index (χ0n) is 11.2. The van der Waals surface area contributed by atoms with Gasteiger partial charge in [-0.1, -0.05) is 44.7 Å². The summed E-state index contributed by atoms with van der Waals surface area (Å²) in [6.45, 7) is 14.1. The predicted molar refractivity (Wildman–Crippen MR) is 72.2 cm³/mol. The molecule has 0 fully saturated rings. The van der Waals surface area contributed by atoms with Gasteiger partial charge >= 0.3 is 0 Å². The first-order valence-corrected chi connectivity index (χ1v) is 5.85. The Morgan fingerprint density at radius 1 is 1.12 bits per heavy atom. The summed E-state index contributed by atoms with van der Waals surface area (Å²) in [6.07, 6.45) is 10.0. The monoisotopic (exact) mass is 220 g/mol. The molecule has 0 unspecified atom stereocenters. The van der Waals surface area contributed by atoms with Crippen molar-refractivity contribution in [1.82, 2.24) is 0 Å². The first-order chi connectivity index (χ1) is 7.52. The van der Waals surface area contributed by atoms with Crippen molar-refractivity contribution in [3.8, 4) is 0 Å². The van der Waals surface area contributed by atoms with Crippen LogP contribution in [-0.2, 0) is 4.74 Å². The fourth-order valence-corrected chi connectivity index (χ4v) is 1.33. The molecule has 0 amide bonds. The quantitative estimate of drug-likeness (QED) is 0.468. The van der Waals surface area contributed by atoms with Crippen molar-refractivity contribution < 1.29 is 4.74 Å². The van der Waals surface area contributed by atoms with Gasteiger partial charge in [0.2, 0.25) is 0 Å². The van der Waals surface area contributed by atoms with Crippen molar-refractivity contribution in [2.24, 2.45) is 5.92 Å². The van der Waals surface area contributed by atoms with Crippen LogP contribution in [-0.4, -0.2) is 6.10 Å². The van der Waals surface area contributed by atoms with Crippen LogP contribution in [0.4, 0.5) is 0 Å². The Kier molecular flexibility index (Phi) is 7.36. The summed E-state index contributed by atoms with van der Waals surface area (Å²) < 4.78 is 5.82. The Hall–Kier alpha value is -1.24. The fraction of sp³-hybridized carbons (Fsp3) is 0.467. The molecule has 0 heterocycles. The molecule has 0 radical (unpaired) electrons. The van der Waals surface area contributed by atoms with E-state index in [1.54, 1.807) is 0 Å². The number of ether oxygens (including phenoxy) is 1. The van der Waals surface area contributed by atoms with E-state index in [1.807, 2.05) is 51.2 Å². The highest BCUT2D eigenvalue weighted by Crippen LogP contribution is 2.22. The van der Waals surface area contributed by atoms with Crippen LogP contribution < -0.4 is 0 Å². The van der Waals surface area contributed by atoms with Crippen molar-refractivity contribution in [1.29, 1.82) is 0 Å². The molecular weight excluding hydrogens is 196 g/mol. The Labute approximate surface area is 100 Å². The van der Waals surface area contributed by atoms with E-state index in [0.717, 1.165) is 5.76 Å². The van der Waals surface area contributed by atoms with Gasteiger partial charge in [-0.25, -0.2) is 0 Å². The second kappa shape index (κ2) is 7.98. The van der Waals surface area contributed by atoms with E-state index >= 15 is 0 Å². The maximum Gasteiger partial charge on any atom is 0.123 e. The highest BCUT2D eigenvalue weighted by Gasteiger charge is 2.10. The lowest BCUT2D eigenvalue weighted by Gasteiger charge is -2.18. The SMILES string of the molecule is C=C\C=C(/C(=C\C=C/C)OC(C)C)C(C)C. The fourth-order valence-electron chi connectivity index (χ4n) is 1.33. The Balaban J connectivity index is 5.12. The zero-order chi connectivity index (χ0) is 12.6. The van der Waals surface area contributed by atoms with Crippen molar-refractivity contribution in [3.05, 3.63) is 48.3 Å². The summed E-state index contributed by atoms with van der Waals surface area (Å²) in [5.41, 5.74) is 1.18. The predicted octanol–water partition coefficient (Wildman–Crippen LogP) is 4.64. The average Bonchev–Trinajstić information content (AvgIpc) is 2.20. The molecule has 0 aromatic rings. The van der Waals surface area contributed by atoms with Crippen LogP contribution in [0.25, 0.3) is 0 Å². The molecule has 90 valence electrons. The normalized spacial score (nSPS) is 13.9. The van der Waals surface area contributed by atoms with E-state index in [2.05, 4.69) is 20.4 Å². The molecule has 0 rings (SSSR count). The van der Waals surface area contributed by atoms with Crippen LogP contribution in [0.1, 0.15) is 34.6 Å². The molecular formula is C15H24O. The zero-order valence-corrected chi connectivity index (χ0v) is 11.2. The molecule has 0 saturated heterocycles. The van der Waals surface area contributed by atoms with Crippen LogP contribution >= 0.6 is 0 Å². The first-order valence-electron chi connectivity index (χ1n) is 5.85. The van der Waals surface area contributed by atoms with Gasteiger partial charge in [-0.15, -0.1) is 0 Å². The second-order valence-electron chi connectivity index (χ2n) is 4.24. The van der Waals surface area contributed by atoms with Crippen LogP contribution in [0.5, 0.6) is 0 Å². The van der Waals surface area contributed by atoms with E-state index in [1.165, 1.54) is 5.57 Å². The summed E-state index contributed by atoms with van der Waals surface area (Å²) in [7, 11) is 0. The second-order valence-corrected chi connectivity index (χ2v) is 4.24. The summed E-state index contributed by atoms with van der Waals surface area (Å²) in [5.74, 6) is 1.36. The van der Waals surface area contributed by atoms with Gasteiger partial charge in [0, 0.05) is 0 Å². The van der Waals surface area contributed by atoms with Crippen molar-refractivity contribution >= 4 is 0 Å². The minimum Gasteiger partial charge on any atom is -0.491 e. The topological polar surface area (TPSA) is 9.23 Å². The van der Waals surface area contributed by atoms with Gasteiger partial charge in [-0.05, 0) is 38.3 Å². The average molecular weight is 220 g/mol. The molecule has 0 aromatic carbocycles. The largest absolute Gasteiger partial charge is 0.491 e. The van der Waals surface area contributed by atoms with Gasteiger partial charge in [0.1, 0.15) is 5.76 Å². The van der Waals surface area contributed by atoms with E-state index in [4.69, 9.17) is 4.74 Å². The standard InChI is InChI=1S/C15H24O/c1-7-9-11-15(16-13(5)6)14(10-8-2)12(3)4/h7-13H,2H2,1,3-6H3/b9-7-,14-10-,15-11+. The first kappa shape index (κ1) is 14.8. The highest BCUT2D eigenvalue weighted by atomic mass is 16.5. The molecule has 1 heteroatoms. The van der Waals surface area contributed by atoms with E-state index < -0.39 is 0 Å². The highest BCUT2D eigenvalue weighted by molar-refractivity contribution is 5.33. The molecule has 0 N–H and O–H groups in total. The van der Waals surface area contributed by atoms with Crippen LogP contribution in [0.2, 0.25) is 0 Å². The third-order valence-electron chi connectivity index (χ3n) is 2.01. The smallest absolute Gasteiger partial charge is 0.123 e. The van der Waals surface area contributed by atoms with Crippen LogP contribution in [0.3, 0.4) is 0 Å². The lowest BCUT2D eigenvalue weighted by molar-refractivity contribution is 0.151. The van der Waals surface area contributed by atoms with Gasteiger partial charge in [-0.2, -0.15) is 0 Å². The molecule has 0 aromatic heterocycles. The van der Waals surface area contributed by atoms with Crippen LogP contribution in [0, 0.1) is 5.92 Å². The maximum atomic E-state index is 5.82. The lowest BCUT2D eigenvalue weighted by Crippen LogP contribution is -2.07. The minimum absolute atomic E-state index is 0.184. The maximum absolute atomic E-state index is 5.82. The van der Waals surface area contributed by atoms with E-state index in [-0.39, 0.29) is 6.10 Å². The third-order valence-corrected chi connectivity index (χ3v) is 2.01. The molecule has 0 bridgehead atoms. The molecule has 0 spiro atoms. The van der Waals surface area contributed by atoms with Crippen molar-refractivity contribution in [2.75, 3.05) is 0 Å². The Bertz CT molecular complexity index is 291. The number of hydrogen-bond donors (Lipinski definition) is 0. The summed E-state index contributed by atoms with van der Waals surface area (Å²) in [4.78, 5) is 0. The summed E-state index contributed by atoms with van der Waals surface area (Å²) in [5, 5.41) is 0. The molecule has 0 saturated carbocycles. The minimum atomic E-state index is 0.184. The number of hydrogen-bond acceptors (Lipinski definition) is 1. The summed E-state index contributed by atoms with van der Waals surface area (Å²) >= 11 is 0. The molecule has 0 aliphatic carbocycles. The van der Waals surface area contributed by atoms with E-state index in [0.29, 0.717) is 5.92 Å². The molecule has 1 nitrogen and oxygen atoms in total. The Morgan fingerprint density at radius 3 is 2.12 bits per heavy atom. The number of rotatable bonds is 6. The molecule has 0 aliphatic rings. The molecule has 16 heavy (non-hydrogen) atoms.